The number of carbonyl (C=O) groups is 1. The van der Waals surface area contributed by atoms with Crippen molar-refractivity contribution >= 4 is 5.91 Å². The fourth-order valence-electron chi connectivity index (χ4n) is 2.44. The largest absolute Gasteiger partial charge is 0.573 e. The average Bonchev–Trinajstić information content (AvgIpc) is 2.44. The molecule has 1 aliphatic rings. The summed E-state index contributed by atoms with van der Waals surface area (Å²) in [5.41, 5.74) is 0.167. The van der Waals surface area contributed by atoms with Crippen LogP contribution in [0.2, 0.25) is 0 Å². The molecule has 1 aromatic carbocycles. The molecule has 1 amide bonds. The molecule has 122 valence electrons. The van der Waals surface area contributed by atoms with E-state index in [9.17, 15) is 18.0 Å². The van der Waals surface area contributed by atoms with Crippen LogP contribution in [-0.4, -0.2) is 31.9 Å². The first-order chi connectivity index (χ1) is 10.3. The van der Waals surface area contributed by atoms with Crippen molar-refractivity contribution < 1.29 is 22.7 Å². The van der Waals surface area contributed by atoms with Gasteiger partial charge in [0.15, 0.2) is 0 Å². The fourth-order valence-corrected chi connectivity index (χ4v) is 2.44. The van der Waals surface area contributed by atoms with E-state index >= 15 is 0 Å². The van der Waals surface area contributed by atoms with Gasteiger partial charge in [0.2, 0.25) is 0 Å². The number of rotatable bonds is 4. The third-order valence-corrected chi connectivity index (χ3v) is 3.82. The molecule has 0 atom stereocenters. The molecule has 0 spiro atoms. The zero-order valence-corrected chi connectivity index (χ0v) is 12.3. The van der Waals surface area contributed by atoms with E-state index in [-0.39, 0.29) is 11.0 Å². The highest BCUT2D eigenvalue weighted by atomic mass is 19.4. The van der Waals surface area contributed by atoms with E-state index in [2.05, 4.69) is 22.3 Å². The van der Waals surface area contributed by atoms with Crippen molar-refractivity contribution in [1.82, 2.24) is 10.6 Å². The maximum atomic E-state index is 12.2. The molecule has 4 nitrogen and oxygen atoms in total. The van der Waals surface area contributed by atoms with Crippen LogP contribution in [0.1, 0.15) is 30.1 Å². The molecule has 1 aromatic rings. The molecule has 1 aliphatic heterocycles. The molecular weight excluding hydrogens is 297 g/mol. The zero-order chi connectivity index (χ0) is 16.2. The van der Waals surface area contributed by atoms with Gasteiger partial charge in [-0.1, -0.05) is 13.0 Å². The zero-order valence-electron chi connectivity index (χ0n) is 12.3. The standard InChI is InChI=1S/C15H19F3N2O2/c1-14(5-7-19-8-6-14)10-20-13(21)11-3-2-4-12(9-11)22-15(16,17)18/h2-4,9,19H,5-8,10H2,1H3,(H,20,21). The molecule has 0 bridgehead atoms. The second kappa shape index (κ2) is 6.56. The molecule has 1 fully saturated rings. The van der Waals surface area contributed by atoms with Gasteiger partial charge < -0.3 is 15.4 Å². The molecule has 1 heterocycles. The van der Waals surface area contributed by atoms with Crippen LogP contribution in [0.4, 0.5) is 13.2 Å². The Bertz CT molecular complexity index is 526. The lowest BCUT2D eigenvalue weighted by molar-refractivity contribution is -0.274. The molecular formula is C15H19F3N2O2. The highest BCUT2D eigenvalue weighted by molar-refractivity contribution is 5.94. The summed E-state index contributed by atoms with van der Waals surface area (Å²) in [5, 5.41) is 6.05. The number of alkyl halides is 3. The molecule has 2 rings (SSSR count). The van der Waals surface area contributed by atoms with Gasteiger partial charge in [0.25, 0.3) is 5.91 Å². The van der Waals surface area contributed by atoms with Crippen LogP contribution < -0.4 is 15.4 Å². The minimum atomic E-state index is -4.77. The van der Waals surface area contributed by atoms with Crippen molar-refractivity contribution in [1.29, 1.82) is 0 Å². The lowest BCUT2D eigenvalue weighted by Crippen LogP contribution is -2.42. The van der Waals surface area contributed by atoms with Crippen molar-refractivity contribution in [2.24, 2.45) is 5.41 Å². The number of halogens is 3. The Labute approximate surface area is 127 Å². The number of carbonyl (C=O) groups excluding carboxylic acids is 1. The van der Waals surface area contributed by atoms with Gasteiger partial charge in [0.1, 0.15) is 5.75 Å². The van der Waals surface area contributed by atoms with Crippen LogP contribution in [-0.2, 0) is 0 Å². The molecule has 22 heavy (non-hydrogen) atoms. The summed E-state index contributed by atoms with van der Waals surface area (Å²) in [4.78, 5) is 12.1. The third-order valence-electron chi connectivity index (χ3n) is 3.82. The molecule has 0 aromatic heterocycles. The van der Waals surface area contributed by atoms with Crippen molar-refractivity contribution in [3.8, 4) is 5.75 Å². The van der Waals surface area contributed by atoms with Gasteiger partial charge in [0.05, 0.1) is 0 Å². The van der Waals surface area contributed by atoms with Gasteiger partial charge in [-0.15, -0.1) is 13.2 Å². The van der Waals surface area contributed by atoms with Crippen molar-refractivity contribution in [3.05, 3.63) is 29.8 Å². The predicted molar refractivity (Wildman–Crippen MR) is 75.7 cm³/mol. The average molecular weight is 316 g/mol. The summed E-state index contributed by atoms with van der Waals surface area (Å²) in [5.74, 6) is -0.791. The van der Waals surface area contributed by atoms with E-state index < -0.39 is 18.0 Å². The van der Waals surface area contributed by atoms with Gasteiger partial charge in [0, 0.05) is 12.1 Å². The first-order valence-electron chi connectivity index (χ1n) is 7.12. The van der Waals surface area contributed by atoms with Gasteiger partial charge in [-0.2, -0.15) is 0 Å². The Morgan fingerprint density at radius 2 is 2.05 bits per heavy atom. The second-order valence-electron chi connectivity index (χ2n) is 5.82. The smallest absolute Gasteiger partial charge is 0.406 e. The van der Waals surface area contributed by atoms with Crippen LogP contribution in [0.25, 0.3) is 0 Å². The lowest BCUT2D eigenvalue weighted by Gasteiger charge is -2.34. The van der Waals surface area contributed by atoms with Gasteiger partial charge in [-0.3, -0.25) is 4.79 Å². The van der Waals surface area contributed by atoms with E-state index in [1.54, 1.807) is 0 Å². The summed E-state index contributed by atoms with van der Waals surface area (Å²) in [7, 11) is 0. The van der Waals surface area contributed by atoms with E-state index in [0.29, 0.717) is 6.54 Å². The Morgan fingerprint density at radius 3 is 2.68 bits per heavy atom. The minimum Gasteiger partial charge on any atom is -0.406 e. The van der Waals surface area contributed by atoms with E-state index in [1.807, 2.05) is 0 Å². The minimum absolute atomic E-state index is 0.0149. The third kappa shape index (κ3) is 4.91. The van der Waals surface area contributed by atoms with E-state index in [1.165, 1.54) is 18.2 Å². The number of benzene rings is 1. The Balaban J connectivity index is 1.96. The highest BCUT2D eigenvalue weighted by Gasteiger charge is 2.31. The maximum Gasteiger partial charge on any atom is 0.573 e. The lowest BCUT2D eigenvalue weighted by atomic mass is 9.81. The summed E-state index contributed by atoms with van der Waals surface area (Å²) in [6.45, 7) is 4.40. The van der Waals surface area contributed by atoms with Crippen LogP contribution >= 0.6 is 0 Å². The van der Waals surface area contributed by atoms with Crippen LogP contribution in [0.15, 0.2) is 24.3 Å². The molecule has 0 unspecified atom stereocenters. The number of hydrogen-bond donors (Lipinski definition) is 2. The summed E-state index contributed by atoms with van der Waals surface area (Å²) in [6.07, 6.45) is -2.87. The van der Waals surface area contributed by atoms with Crippen molar-refractivity contribution in [2.45, 2.75) is 26.1 Å². The molecule has 0 radical (unpaired) electrons. The predicted octanol–water partition coefficient (Wildman–Crippen LogP) is 2.70. The van der Waals surface area contributed by atoms with Crippen molar-refractivity contribution in [3.63, 3.8) is 0 Å². The normalized spacial score (nSPS) is 17.8. The molecule has 1 saturated heterocycles. The van der Waals surface area contributed by atoms with Crippen LogP contribution in [0.3, 0.4) is 0 Å². The first kappa shape index (κ1) is 16.6. The number of piperidine rings is 1. The maximum absolute atomic E-state index is 12.2. The topological polar surface area (TPSA) is 50.4 Å². The molecule has 0 aliphatic carbocycles. The quantitative estimate of drug-likeness (QED) is 0.898. The first-order valence-corrected chi connectivity index (χ1v) is 7.12. The number of nitrogens with one attached hydrogen (secondary N) is 2. The second-order valence-corrected chi connectivity index (χ2v) is 5.82. The van der Waals surface area contributed by atoms with Crippen LogP contribution in [0.5, 0.6) is 5.75 Å². The monoisotopic (exact) mass is 316 g/mol. The van der Waals surface area contributed by atoms with Crippen molar-refractivity contribution in [2.75, 3.05) is 19.6 Å². The molecule has 0 saturated carbocycles. The SMILES string of the molecule is CC1(CNC(=O)c2cccc(OC(F)(F)F)c2)CCNCC1. The number of hydrogen-bond acceptors (Lipinski definition) is 3. The summed E-state index contributed by atoms with van der Waals surface area (Å²) < 4.78 is 40.4. The van der Waals surface area contributed by atoms with E-state index in [4.69, 9.17) is 0 Å². The molecule has 2 N–H and O–H groups in total. The fraction of sp³-hybridized carbons (Fsp3) is 0.533. The Kier molecular flexibility index (Phi) is 4.95. The van der Waals surface area contributed by atoms with Gasteiger partial charge >= 0.3 is 6.36 Å². The van der Waals surface area contributed by atoms with Gasteiger partial charge in [-0.25, -0.2) is 0 Å². The molecule has 7 heteroatoms. The van der Waals surface area contributed by atoms with Gasteiger partial charge in [-0.05, 0) is 49.5 Å². The van der Waals surface area contributed by atoms with Crippen LogP contribution in [0, 0.1) is 5.41 Å². The van der Waals surface area contributed by atoms with E-state index in [0.717, 1.165) is 32.0 Å². The Morgan fingerprint density at radius 1 is 1.36 bits per heavy atom. The highest BCUT2D eigenvalue weighted by Crippen LogP contribution is 2.27. The number of amides is 1. The summed E-state index contributed by atoms with van der Waals surface area (Å²) >= 11 is 0. The summed E-state index contributed by atoms with van der Waals surface area (Å²) in [6, 6.07) is 5.08. The Hall–Kier alpha value is -1.76. The number of ether oxygens (including phenoxy) is 1.